The summed E-state index contributed by atoms with van der Waals surface area (Å²) in [7, 11) is 0. The van der Waals surface area contributed by atoms with Crippen molar-refractivity contribution in [3.63, 3.8) is 0 Å². The van der Waals surface area contributed by atoms with Crippen molar-refractivity contribution in [2.24, 2.45) is 11.7 Å². The van der Waals surface area contributed by atoms with Crippen molar-refractivity contribution >= 4 is 38.6 Å². The third-order valence-electron chi connectivity index (χ3n) is 5.05. The highest BCUT2D eigenvalue weighted by Gasteiger charge is 2.22. The number of primary amides is 1. The minimum atomic E-state index is -0.549. The van der Waals surface area contributed by atoms with Gasteiger partial charge in [0, 0.05) is 16.4 Å². The Labute approximate surface area is 160 Å². The molecule has 1 fully saturated rings. The average Bonchev–Trinajstić information content (AvgIpc) is 3.03. The molecule has 0 radical (unpaired) electrons. The molecule has 7 heteroatoms. The predicted octanol–water partition coefficient (Wildman–Crippen LogP) is 3.97. The van der Waals surface area contributed by atoms with Gasteiger partial charge in [0.2, 0.25) is 5.91 Å². The fraction of sp³-hybridized carbons (Fsp3) is 0.474. The number of halogens is 2. The second-order valence-electron chi connectivity index (χ2n) is 7.02. The maximum atomic E-state index is 14.1. The molecule has 0 atom stereocenters. The van der Waals surface area contributed by atoms with Crippen LogP contribution in [0.4, 0.5) is 4.39 Å². The summed E-state index contributed by atoms with van der Waals surface area (Å²) in [5, 5.41) is 0.350. The Balaban J connectivity index is 1.77. The summed E-state index contributed by atoms with van der Waals surface area (Å²) >= 11 is 3.24. The summed E-state index contributed by atoms with van der Waals surface area (Å²) in [6.07, 6.45) is 6.93. The van der Waals surface area contributed by atoms with Gasteiger partial charge < -0.3 is 15.6 Å². The molecule has 0 bridgehead atoms. The quantitative estimate of drug-likeness (QED) is 0.736. The van der Waals surface area contributed by atoms with Gasteiger partial charge in [-0.3, -0.25) is 9.59 Å². The number of carbonyl (C=O) groups excluding carboxylic acids is 2. The van der Waals surface area contributed by atoms with E-state index in [9.17, 15) is 14.0 Å². The van der Waals surface area contributed by atoms with Crippen LogP contribution < -0.4 is 5.73 Å². The van der Waals surface area contributed by atoms with Crippen LogP contribution in [0, 0.1) is 11.7 Å². The highest BCUT2D eigenvalue weighted by Crippen LogP contribution is 2.27. The van der Waals surface area contributed by atoms with E-state index in [1.165, 1.54) is 49.1 Å². The van der Waals surface area contributed by atoms with Gasteiger partial charge in [-0.1, -0.05) is 48.0 Å². The zero-order chi connectivity index (χ0) is 18.7. The maximum Gasteiger partial charge on any atom is 0.270 e. The van der Waals surface area contributed by atoms with Crippen LogP contribution >= 0.6 is 15.9 Å². The first-order valence-electron chi connectivity index (χ1n) is 8.99. The average molecular weight is 424 g/mol. The number of hydrogen-bond donors (Lipinski definition) is 2. The van der Waals surface area contributed by atoms with Crippen LogP contribution in [0.25, 0.3) is 10.9 Å². The van der Waals surface area contributed by atoms with E-state index in [-0.39, 0.29) is 18.1 Å². The smallest absolute Gasteiger partial charge is 0.270 e. The van der Waals surface area contributed by atoms with Crippen molar-refractivity contribution in [3.05, 3.63) is 34.2 Å². The Hall–Kier alpha value is -1.89. The number of nitrogens with two attached hydrogens (primary N) is 1. The number of benzene rings is 1. The second kappa shape index (κ2) is 8.20. The Bertz CT molecular complexity index is 814. The second-order valence-corrected chi connectivity index (χ2v) is 7.93. The predicted molar refractivity (Wildman–Crippen MR) is 102 cm³/mol. The summed E-state index contributed by atoms with van der Waals surface area (Å²) in [5.41, 5.74) is 6.13. The Morgan fingerprint density at radius 1 is 1.23 bits per heavy atom. The topological polar surface area (TPSA) is 79.2 Å². The molecule has 1 aromatic heterocycles. The van der Waals surface area contributed by atoms with Crippen LogP contribution in [0.15, 0.2) is 22.7 Å². The van der Waals surface area contributed by atoms with Crippen molar-refractivity contribution in [1.82, 2.24) is 9.88 Å². The first kappa shape index (κ1) is 18.9. The standard InChI is InChI=1S/C19H23BrFN3O2/c20-13-8-15(21)14-10-17(23-16(14)9-13)19(26)24(11-18(22)25)7-6-12-4-2-1-3-5-12/h8-10,12,23H,1-7,11H2,(H2,22,25). The largest absolute Gasteiger partial charge is 0.368 e. The van der Waals surface area contributed by atoms with E-state index in [0.717, 1.165) is 6.42 Å². The van der Waals surface area contributed by atoms with Crippen molar-refractivity contribution in [3.8, 4) is 0 Å². The van der Waals surface area contributed by atoms with Crippen molar-refractivity contribution in [1.29, 1.82) is 0 Å². The molecule has 5 nitrogen and oxygen atoms in total. The molecule has 1 aliphatic carbocycles. The molecule has 0 spiro atoms. The number of rotatable bonds is 6. The van der Waals surface area contributed by atoms with Gasteiger partial charge in [0.1, 0.15) is 11.5 Å². The Morgan fingerprint density at radius 2 is 1.96 bits per heavy atom. The zero-order valence-corrected chi connectivity index (χ0v) is 16.1. The number of H-pyrrole nitrogens is 1. The lowest BCUT2D eigenvalue weighted by Crippen LogP contribution is -2.39. The van der Waals surface area contributed by atoms with Gasteiger partial charge in [-0.2, -0.15) is 0 Å². The molecular formula is C19H23BrFN3O2. The first-order chi connectivity index (χ1) is 12.4. The van der Waals surface area contributed by atoms with E-state index in [1.807, 2.05) is 0 Å². The molecule has 1 saturated carbocycles. The van der Waals surface area contributed by atoms with Crippen molar-refractivity contribution in [2.45, 2.75) is 38.5 Å². The molecule has 26 heavy (non-hydrogen) atoms. The van der Waals surface area contributed by atoms with Crippen molar-refractivity contribution < 1.29 is 14.0 Å². The summed E-state index contributed by atoms with van der Waals surface area (Å²) in [5.74, 6) is -0.699. The minimum absolute atomic E-state index is 0.132. The van der Waals surface area contributed by atoms with Gasteiger partial charge in [0.15, 0.2) is 0 Å². The molecule has 2 amide bonds. The monoisotopic (exact) mass is 423 g/mol. The summed E-state index contributed by atoms with van der Waals surface area (Å²) in [4.78, 5) is 28.7. The lowest BCUT2D eigenvalue weighted by molar-refractivity contribution is -0.118. The van der Waals surface area contributed by atoms with Crippen LogP contribution in [0.3, 0.4) is 0 Å². The number of nitrogens with zero attached hydrogens (tertiary/aromatic N) is 1. The third-order valence-corrected chi connectivity index (χ3v) is 5.51. The van der Waals surface area contributed by atoms with Crippen LogP contribution in [-0.4, -0.2) is 34.8 Å². The number of hydrogen-bond acceptors (Lipinski definition) is 2. The number of amides is 2. The molecule has 0 saturated heterocycles. The van der Waals surface area contributed by atoms with Gasteiger partial charge in [-0.25, -0.2) is 4.39 Å². The van der Waals surface area contributed by atoms with Gasteiger partial charge in [0.25, 0.3) is 5.91 Å². The summed E-state index contributed by atoms with van der Waals surface area (Å²) in [6.45, 7) is 0.348. The van der Waals surface area contributed by atoms with Crippen LogP contribution in [0.1, 0.15) is 49.0 Å². The van der Waals surface area contributed by atoms with E-state index in [1.54, 1.807) is 6.07 Å². The van der Waals surface area contributed by atoms with E-state index in [4.69, 9.17) is 5.73 Å². The molecule has 1 aliphatic rings. The SMILES string of the molecule is NC(=O)CN(CCC1CCCCC1)C(=O)c1cc2c(F)cc(Br)cc2[nH]1. The Morgan fingerprint density at radius 3 is 2.65 bits per heavy atom. The fourth-order valence-corrected chi connectivity index (χ4v) is 4.13. The van der Waals surface area contributed by atoms with Crippen LogP contribution in [-0.2, 0) is 4.79 Å². The van der Waals surface area contributed by atoms with Crippen LogP contribution in [0.2, 0.25) is 0 Å². The molecule has 2 aromatic rings. The maximum absolute atomic E-state index is 14.1. The molecule has 3 N–H and O–H groups in total. The molecule has 3 rings (SSSR count). The number of aromatic amines is 1. The minimum Gasteiger partial charge on any atom is -0.368 e. The van der Waals surface area contributed by atoms with Gasteiger partial charge in [-0.15, -0.1) is 0 Å². The normalized spacial score (nSPS) is 15.3. The Kier molecular flexibility index (Phi) is 5.96. The first-order valence-corrected chi connectivity index (χ1v) is 9.78. The zero-order valence-electron chi connectivity index (χ0n) is 14.6. The van der Waals surface area contributed by atoms with E-state index < -0.39 is 11.7 Å². The molecule has 1 heterocycles. The number of nitrogens with one attached hydrogen (secondary N) is 1. The number of aromatic nitrogens is 1. The van der Waals surface area contributed by atoms with E-state index in [2.05, 4.69) is 20.9 Å². The number of fused-ring (bicyclic) bond motifs is 1. The molecular weight excluding hydrogens is 401 g/mol. The third kappa shape index (κ3) is 4.44. The molecule has 0 unspecified atom stereocenters. The van der Waals surface area contributed by atoms with E-state index in [0.29, 0.717) is 27.8 Å². The highest BCUT2D eigenvalue weighted by atomic mass is 79.9. The number of carbonyl (C=O) groups is 2. The van der Waals surface area contributed by atoms with Gasteiger partial charge >= 0.3 is 0 Å². The summed E-state index contributed by atoms with van der Waals surface area (Å²) < 4.78 is 14.7. The molecule has 140 valence electrons. The molecule has 0 aliphatic heterocycles. The lowest BCUT2D eigenvalue weighted by Gasteiger charge is -2.26. The van der Waals surface area contributed by atoms with Gasteiger partial charge in [-0.05, 0) is 30.5 Å². The summed E-state index contributed by atoms with van der Waals surface area (Å²) in [6, 6.07) is 4.57. The van der Waals surface area contributed by atoms with Gasteiger partial charge in [0.05, 0.1) is 12.1 Å². The van der Waals surface area contributed by atoms with Crippen LogP contribution in [0.5, 0.6) is 0 Å². The van der Waals surface area contributed by atoms with E-state index >= 15 is 0 Å². The lowest BCUT2D eigenvalue weighted by atomic mass is 9.87. The highest BCUT2D eigenvalue weighted by molar-refractivity contribution is 9.10. The fourth-order valence-electron chi connectivity index (χ4n) is 3.70. The van der Waals surface area contributed by atoms with Crippen molar-refractivity contribution in [2.75, 3.05) is 13.1 Å². The molecule has 1 aromatic carbocycles.